The van der Waals surface area contributed by atoms with Crippen molar-refractivity contribution >= 4 is 10.4 Å². The zero-order valence-electron chi connectivity index (χ0n) is 4.37. The van der Waals surface area contributed by atoms with Crippen molar-refractivity contribution in [3.05, 3.63) is 0 Å². The quantitative estimate of drug-likeness (QED) is 0.257. The van der Waals surface area contributed by atoms with Gasteiger partial charge in [0, 0.05) is 0 Å². The Morgan fingerprint density at radius 3 is 1.78 bits per heavy atom. The molecule has 0 aliphatic heterocycles. The van der Waals surface area contributed by atoms with Gasteiger partial charge in [0.1, 0.15) is 0 Å². The summed E-state index contributed by atoms with van der Waals surface area (Å²) in [5.41, 5.74) is 0. The molecular weight excluding hydrogens is 185 g/mol. The second kappa shape index (κ2) is 5.07. The molecule has 0 atom stereocenters. The topological polar surface area (TPSA) is 66.4 Å². The van der Waals surface area contributed by atoms with Gasteiger partial charge in [-0.05, 0) is 0 Å². The number of alkyl halides is 2. The number of hydrogen-bond acceptors (Lipinski definition) is 4. The van der Waals surface area contributed by atoms with Crippen molar-refractivity contribution in [3.8, 4) is 0 Å². The fraction of sp³-hybridized carbons (Fsp3) is 1.00. The molecule has 0 saturated carbocycles. The van der Waals surface area contributed by atoms with E-state index in [0.29, 0.717) is 0 Å². The molecule has 0 spiro atoms. The molecule has 0 saturated heterocycles. The van der Waals surface area contributed by atoms with E-state index in [1.165, 1.54) is 0 Å². The first-order valence-corrected chi connectivity index (χ1v) is 2.67. The van der Waals surface area contributed by atoms with Gasteiger partial charge < -0.3 is 4.55 Å². The smallest absolute Gasteiger partial charge is 0.725 e. The van der Waals surface area contributed by atoms with Gasteiger partial charge in [-0.3, -0.25) is 0 Å². The Balaban J connectivity index is 0. The Hall–Kier alpha value is 1.37. The van der Waals surface area contributed by atoms with E-state index in [9.17, 15) is 21.8 Å². The van der Waals surface area contributed by atoms with E-state index in [1.54, 1.807) is 0 Å². The van der Waals surface area contributed by atoms with E-state index in [2.05, 4.69) is 4.18 Å². The van der Waals surface area contributed by atoms with Crippen LogP contribution in [0.1, 0.15) is 0 Å². The number of halogens is 2. The minimum absolute atomic E-state index is 0. The van der Waals surface area contributed by atoms with Crippen LogP contribution in [0.4, 0.5) is 8.78 Å². The summed E-state index contributed by atoms with van der Waals surface area (Å²) in [6.07, 6.45) is 0. The third kappa shape index (κ3) is 12.5. The first kappa shape index (κ1) is 13.0. The molecule has 0 aliphatic rings. The van der Waals surface area contributed by atoms with Crippen LogP contribution < -0.4 is 51.4 Å². The average Bonchev–Trinajstić information content (AvgIpc) is 1.21. The molecule has 0 amide bonds. The van der Waals surface area contributed by atoms with Crippen LogP contribution in [0.25, 0.3) is 0 Å². The molecule has 0 radical (unpaired) electrons. The van der Waals surface area contributed by atoms with E-state index in [0.717, 1.165) is 0 Å². The van der Waals surface area contributed by atoms with Crippen LogP contribution in [-0.2, 0) is 14.6 Å². The third-order valence-corrected chi connectivity index (χ3v) is 0.572. The van der Waals surface area contributed by atoms with Crippen LogP contribution in [0.3, 0.4) is 0 Å². The van der Waals surface area contributed by atoms with Gasteiger partial charge in [-0.2, -0.15) is 8.78 Å². The van der Waals surface area contributed by atoms with Gasteiger partial charge in [0.25, 0.3) is 0 Å². The fourth-order valence-electron chi connectivity index (χ4n) is 0.0891. The molecule has 0 aliphatic carbocycles. The second-order valence-electron chi connectivity index (χ2n) is 0.765. The summed E-state index contributed by atoms with van der Waals surface area (Å²) in [7, 11) is -5.22. The maximum atomic E-state index is 10.7. The third-order valence-electron chi connectivity index (χ3n) is 0.191. The average molecular weight is 186 g/mol. The first-order chi connectivity index (χ1) is 3.42. The minimum atomic E-state index is -5.22. The summed E-state index contributed by atoms with van der Waals surface area (Å²) in [5, 5.41) is 0. The summed E-state index contributed by atoms with van der Waals surface area (Å²) in [5.74, 6) is 0. The van der Waals surface area contributed by atoms with Crippen molar-refractivity contribution in [2.75, 3.05) is 0 Å². The summed E-state index contributed by atoms with van der Waals surface area (Å²) < 4.78 is 51.5. The molecule has 0 heterocycles. The summed E-state index contributed by atoms with van der Waals surface area (Å²) >= 11 is 0. The van der Waals surface area contributed by atoms with E-state index in [4.69, 9.17) is 0 Å². The van der Waals surface area contributed by atoms with E-state index >= 15 is 0 Å². The number of hydrogen-bond donors (Lipinski definition) is 0. The zero-order valence-corrected chi connectivity index (χ0v) is 8.31. The van der Waals surface area contributed by atoms with Gasteiger partial charge in [-0.25, -0.2) is 12.6 Å². The van der Waals surface area contributed by atoms with Gasteiger partial charge in [0.05, 0.1) is 0 Å². The second-order valence-corrected chi connectivity index (χ2v) is 1.77. The van der Waals surface area contributed by atoms with Crippen molar-refractivity contribution in [1.29, 1.82) is 0 Å². The van der Waals surface area contributed by atoms with Crippen LogP contribution in [0.5, 0.6) is 0 Å². The van der Waals surface area contributed by atoms with Crippen molar-refractivity contribution in [3.63, 3.8) is 0 Å². The monoisotopic (exact) mass is 186 g/mol. The Labute approximate surface area is 92.9 Å². The van der Waals surface area contributed by atoms with Crippen molar-refractivity contribution < 1.29 is 77.3 Å². The number of rotatable bonds is 2. The molecule has 0 aromatic rings. The van der Waals surface area contributed by atoms with Gasteiger partial charge >= 0.3 is 58.0 Å². The molecule has 4 nitrogen and oxygen atoms in total. The van der Waals surface area contributed by atoms with Crippen LogP contribution in [-0.4, -0.2) is 19.6 Å². The van der Waals surface area contributed by atoms with Crippen LogP contribution in [0.2, 0.25) is 0 Å². The molecular formula is CHF2KO4S. The molecule has 0 unspecified atom stereocenters. The molecule has 9 heavy (non-hydrogen) atoms. The van der Waals surface area contributed by atoms with Crippen molar-refractivity contribution in [2.45, 2.75) is 6.61 Å². The van der Waals surface area contributed by atoms with Gasteiger partial charge in [-0.15, -0.1) is 0 Å². The SMILES string of the molecule is O=S(=O)([O-])OC(F)F.[K+]. The fourth-order valence-corrected chi connectivity index (χ4v) is 0.267. The van der Waals surface area contributed by atoms with E-state index in [-0.39, 0.29) is 51.4 Å². The molecule has 0 N–H and O–H groups in total. The first-order valence-electron chi connectivity index (χ1n) is 1.34. The molecule has 0 rings (SSSR count). The zero-order chi connectivity index (χ0) is 6.78. The molecule has 8 heteroatoms. The Kier molecular flexibility index (Phi) is 7.33. The summed E-state index contributed by atoms with van der Waals surface area (Å²) in [6, 6.07) is 0. The van der Waals surface area contributed by atoms with E-state index < -0.39 is 17.0 Å². The Morgan fingerprint density at radius 2 is 1.78 bits per heavy atom. The maximum absolute atomic E-state index is 10.7. The van der Waals surface area contributed by atoms with Crippen molar-refractivity contribution in [1.82, 2.24) is 0 Å². The van der Waals surface area contributed by atoms with E-state index in [1.807, 2.05) is 0 Å². The van der Waals surface area contributed by atoms with Gasteiger partial charge in [0.15, 0.2) is 0 Å². The normalized spacial score (nSPS) is 11.1. The van der Waals surface area contributed by atoms with Gasteiger partial charge in [0.2, 0.25) is 10.4 Å². The predicted octanol–water partition coefficient (Wildman–Crippen LogP) is -3.31. The predicted molar refractivity (Wildman–Crippen MR) is 16.8 cm³/mol. The van der Waals surface area contributed by atoms with Crippen LogP contribution in [0, 0.1) is 0 Å². The minimum Gasteiger partial charge on any atom is -0.725 e. The van der Waals surface area contributed by atoms with Crippen molar-refractivity contribution in [2.24, 2.45) is 0 Å². The molecule has 0 fully saturated rings. The maximum Gasteiger partial charge on any atom is 1.00 e. The largest absolute Gasteiger partial charge is 1.00 e. The standard InChI is InChI=1S/CH2F2O4S.K/c2-1(3)7-8(4,5)6;/h1H,(H,4,5,6);/q;+1/p-1. The summed E-state index contributed by atoms with van der Waals surface area (Å²) in [4.78, 5) is 0. The molecule has 0 bridgehead atoms. The Bertz CT molecular complexity index is 152. The molecule has 0 aromatic carbocycles. The molecule has 50 valence electrons. The molecule has 0 aromatic heterocycles. The van der Waals surface area contributed by atoms with Crippen LogP contribution in [0.15, 0.2) is 0 Å². The summed E-state index contributed by atoms with van der Waals surface area (Å²) in [6.45, 7) is -3.56. The Morgan fingerprint density at radius 1 is 1.44 bits per heavy atom. The van der Waals surface area contributed by atoms with Gasteiger partial charge in [-0.1, -0.05) is 0 Å². The van der Waals surface area contributed by atoms with Crippen LogP contribution >= 0.6 is 0 Å².